The Balaban J connectivity index is 1.94. The molecule has 1 saturated carbocycles. The largest absolute Gasteiger partial charge is 0.444 e. The molecule has 2 aliphatic rings. The monoisotopic (exact) mass is 222 g/mol. The third-order valence-corrected chi connectivity index (χ3v) is 3.20. The van der Waals surface area contributed by atoms with Gasteiger partial charge in [0.25, 0.3) is 0 Å². The number of hydrogen-bond acceptors (Lipinski definition) is 3. The zero-order valence-electron chi connectivity index (χ0n) is 10.1. The lowest BCUT2D eigenvalue weighted by Crippen LogP contribution is -2.42. The van der Waals surface area contributed by atoms with Crippen LogP contribution in [0.25, 0.3) is 0 Å². The SMILES string of the molecule is CC(C)(C)OC(=O)N1CCC(C#N)C2CC21. The summed E-state index contributed by atoms with van der Waals surface area (Å²) >= 11 is 0. The molecule has 0 radical (unpaired) electrons. The first-order valence-corrected chi connectivity index (χ1v) is 5.81. The molecule has 2 fully saturated rings. The van der Waals surface area contributed by atoms with Gasteiger partial charge in [-0.2, -0.15) is 5.26 Å². The number of nitrogens with zero attached hydrogens (tertiary/aromatic N) is 2. The van der Waals surface area contributed by atoms with E-state index in [-0.39, 0.29) is 18.1 Å². The average Bonchev–Trinajstić information content (AvgIpc) is 2.92. The molecule has 3 atom stereocenters. The lowest BCUT2D eigenvalue weighted by molar-refractivity contribution is 0.0178. The number of nitriles is 1. The van der Waals surface area contributed by atoms with Gasteiger partial charge in [0, 0.05) is 12.6 Å². The van der Waals surface area contributed by atoms with Crippen LogP contribution in [0.3, 0.4) is 0 Å². The van der Waals surface area contributed by atoms with Crippen LogP contribution in [0, 0.1) is 23.2 Å². The molecule has 1 aliphatic heterocycles. The number of hydrogen-bond donors (Lipinski definition) is 0. The van der Waals surface area contributed by atoms with E-state index in [9.17, 15) is 4.79 Å². The summed E-state index contributed by atoms with van der Waals surface area (Å²) in [7, 11) is 0. The van der Waals surface area contributed by atoms with Crippen LogP contribution in [-0.2, 0) is 4.74 Å². The number of ether oxygens (including phenoxy) is 1. The van der Waals surface area contributed by atoms with Crippen molar-refractivity contribution in [2.45, 2.75) is 45.3 Å². The zero-order valence-corrected chi connectivity index (χ0v) is 10.1. The van der Waals surface area contributed by atoms with Crippen molar-refractivity contribution in [2.24, 2.45) is 11.8 Å². The van der Waals surface area contributed by atoms with Gasteiger partial charge >= 0.3 is 6.09 Å². The molecule has 0 aromatic rings. The van der Waals surface area contributed by atoms with E-state index in [2.05, 4.69) is 6.07 Å². The van der Waals surface area contributed by atoms with Crippen molar-refractivity contribution in [3.05, 3.63) is 0 Å². The number of carbonyl (C=O) groups is 1. The summed E-state index contributed by atoms with van der Waals surface area (Å²) in [4.78, 5) is 13.7. The molecule has 4 heteroatoms. The van der Waals surface area contributed by atoms with Crippen molar-refractivity contribution in [1.82, 2.24) is 4.90 Å². The first-order chi connectivity index (χ1) is 7.42. The molecule has 0 aromatic carbocycles. The van der Waals surface area contributed by atoms with E-state index in [0.29, 0.717) is 12.5 Å². The topological polar surface area (TPSA) is 53.3 Å². The predicted molar refractivity (Wildman–Crippen MR) is 58.6 cm³/mol. The van der Waals surface area contributed by atoms with Crippen LogP contribution in [0.5, 0.6) is 0 Å². The van der Waals surface area contributed by atoms with E-state index in [1.54, 1.807) is 4.90 Å². The van der Waals surface area contributed by atoms with Gasteiger partial charge in [0.2, 0.25) is 0 Å². The van der Waals surface area contributed by atoms with Gasteiger partial charge in [-0.3, -0.25) is 0 Å². The maximum Gasteiger partial charge on any atom is 0.410 e. The van der Waals surface area contributed by atoms with Crippen molar-refractivity contribution in [1.29, 1.82) is 5.26 Å². The van der Waals surface area contributed by atoms with Gasteiger partial charge < -0.3 is 9.64 Å². The quantitative estimate of drug-likeness (QED) is 0.631. The molecule has 1 aliphatic carbocycles. The number of piperidine rings is 1. The molecule has 0 aromatic heterocycles. The number of rotatable bonds is 0. The maximum absolute atomic E-state index is 11.9. The minimum absolute atomic E-state index is 0.142. The molecule has 1 heterocycles. The van der Waals surface area contributed by atoms with Crippen LogP contribution >= 0.6 is 0 Å². The van der Waals surface area contributed by atoms with Crippen LogP contribution in [0.15, 0.2) is 0 Å². The second kappa shape index (κ2) is 3.65. The van der Waals surface area contributed by atoms with Crippen molar-refractivity contribution in [3.63, 3.8) is 0 Å². The number of amides is 1. The lowest BCUT2D eigenvalue weighted by Gasteiger charge is -2.31. The molecular formula is C12H18N2O2. The van der Waals surface area contributed by atoms with E-state index >= 15 is 0 Å². The molecule has 4 nitrogen and oxygen atoms in total. The Kier molecular flexibility index (Phi) is 2.57. The van der Waals surface area contributed by atoms with E-state index in [1.807, 2.05) is 20.8 Å². The summed E-state index contributed by atoms with van der Waals surface area (Å²) in [6.45, 7) is 6.28. The summed E-state index contributed by atoms with van der Waals surface area (Å²) in [5.74, 6) is 0.537. The van der Waals surface area contributed by atoms with Crippen LogP contribution in [0.4, 0.5) is 4.79 Å². The number of carbonyl (C=O) groups excluding carboxylic acids is 1. The Hall–Kier alpha value is -1.24. The normalized spacial score (nSPS) is 32.6. The van der Waals surface area contributed by atoms with Gasteiger partial charge in [-0.05, 0) is 39.5 Å². The van der Waals surface area contributed by atoms with Gasteiger partial charge in [0.15, 0.2) is 0 Å². The Bertz CT molecular complexity index is 340. The van der Waals surface area contributed by atoms with Crippen LogP contribution in [0.2, 0.25) is 0 Å². The second-order valence-corrected chi connectivity index (χ2v) is 5.66. The molecule has 0 N–H and O–H groups in total. The highest BCUT2D eigenvalue weighted by Gasteiger charge is 2.52. The predicted octanol–water partition coefficient (Wildman–Crippen LogP) is 2.16. The van der Waals surface area contributed by atoms with Gasteiger partial charge in [0.1, 0.15) is 5.60 Å². The molecular weight excluding hydrogens is 204 g/mol. The Labute approximate surface area is 96.2 Å². The van der Waals surface area contributed by atoms with Gasteiger partial charge in [0.05, 0.1) is 12.0 Å². The van der Waals surface area contributed by atoms with Gasteiger partial charge in [-0.1, -0.05) is 0 Å². The summed E-state index contributed by atoms with van der Waals surface area (Å²) in [6.07, 6.45) is 1.53. The molecule has 2 rings (SSSR count). The minimum atomic E-state index is -0.437. The van der Waals surface area contributed by atoms with Gasteiger partial charge in [-0.15, -0.1) is 0 Å². The van der Waals surface area contributed by atoms with Crippen molar-refractivity contribution >= 4 is 6.09 Å². The highest BCUT2D eigenvalue weighted by molar-refractivity contribution is 5.69. The molecule has 1 amide bonds. The molecule has 88 valence electrons. The molecule has 0 spiro atoms. The standard InChI is InChI=1S/C12H18N2O2/c1-12(2,3)16-11(15)14-5-4-8(7-13)9-6-10(9)14/h8-10H,4-6H2,1-3H3. The van der Waals surface area contributed by atoms with E-state index in [0.717, 1.165) is 12.8 Å². The van der Waals surface area contributed by atoms with Gasteiger partial charge in [-0.25, -0.2) is 4.79 Å². The fourth-order valence-corrected chi connectivity index (χ4v) is 2.36. The minimum Gasteiger partial charge on any atom is -0.444 e. The highest BCUT2D eigenvalue weighted by atomic mass is 16.6. The Morgan fingerprint density at radius 3 is 2.75 bits per heavy atom. The fraction of sp³-hybridized carbons (Fsp3) is 0.833. The summed E-state index contributed by atoms with van der Waals surface area (Å²) in [6, 6.07) is 2.58. The Morgan fingerprint density at radius 2 is 2.19 bits per heavy atom. The second-order valence-electron chi connectivity index (χ2n) is 5.66. The third kappa shape index (κ3) is 2.13. The Morgan fingerprint density at radius 1 is 1.50 bits per heavy atom. The van der Waals surface area contributed by atoms with Crippen molar-refractivity contribution in [3.8, 4) is 6.07 Å². The molecule has 3 unspecified atom stereocenters. The van der Waals surface area contributed by atoms with Crippen LogP contribution < -0.4 is 0 Å². The average molecular weight is 222 g/mol. The molecule has 16 heavy (non-hydrogen) atoms. The lowest BCUT2D eigenvalue weighted by atomic mass is 9.98. The fourth-order valence-electron chi connectivity index (χ4n) is 2.36. The first kappa shape index (κ1) is 11.3. The third-order valence-electron chi connectivity index (χ3n) is 3.20. The molecule has 1 saturated heterocycles. The van der Waals surface area contributed by atoms with Crippen LogP contribution in [0.1, 0.15) is 33.6 Å². The smallest absolute Gasteiger partial charge is 0.410 e. The molecule has 0 bridgehead atoms. The zero-order chi connectivity index (χ0) is 11.9. The maximum atomic E-state index is 11.9. The van der Waals surface area contributed by atoms with E-state index in [1.165, 1.54) is 0 Å². The van der Waals surface area contributed by atoms with Crippen molar-refractivity contribution < 1.29 is 9.53 Å². The van der Waals surface area contributed by atoms with E-state index in [4.69, 9.17) is 10.00 Å². The van der Waals surface area contributed by atoms with Crippen LogP contribution in [-0.4, -0.2) is 29.2 Å². The first-order valence-electron chi connectivity index (χ1n) is 5.81. The number of likely N-dealkylation sites (tertiary alicyclic amines) is 1. The summed E-state index contributed by atoms with van der Waals surface area (Å²) in [5, 5.41) is 8.91. The highest BCUT2D eigenvalue weighted by Crippen LogP contribution is 2.46. The summed E-state index contributed by atoms with van der Waals surface area (Å²) < 4.78 is 5.35. The summed E-state index contributed by atoms with van der Waals surface area (Å²) in [5.41, 5.74) is -0.437. The van der Waals surface area contributed by atoms with Crippen molar-refractivity contribution in [2.75, 3.05) is 6.54 Å². The number of fused-ring (bicyclic) bond motifs is 1. The van der Waals surface area contributed by atoms with E-state index < -0.39 is 5.60 Å².